The zero-order valence-corrected chi connectivity index (χ0v) is 21.1. The summed E-state index contributed by atoms with van der Waals surface area (Å²) in [4.78, 5) is 12.8. The van der Waals surface area contributed by atoms with Gasteiger partial charge in [-0.3, -0.25) is 4.99 Å². The van der Waals surface area contributed by atoms with E-state index >= 15 is 0 Å². The molecule has 1 aliphatic rings. The molecule has 0 aliphatic carbocycles. The van der Waals surface area contributed by atoms with E-state index in [0.717, 1.165) is 42.9 Å². The van der Waals surface area contributed by atoms with Crippen molar-refractivity contribution >= 4 is 47.1 Å². The number of pyridine rings is 1. The van der Waals surface area contributed by atoms with Crippen LogP contribution in [-0.2, 0) is 12.0 Å². The minimum absolute atomic E-state index is 0. The van der Waals surface area contributed by atoms with Gasteiger partial charge in [-0.2, -0.15) is 0 Å². The zero-order chi connectivity index (χ0) is 20.0. The van der Waals surface area contributed by atoms with Crippen molar-refractivity contribution in [2.24, 2.45) is 10.9 Å². The molecule has 0 unspecified atom stereocenters. The number of hydrogen-bond acceptors (Lipinski definition) is 4. The number of nitrogens with one attached hydrogen (secondary N) is 2. The van der Waals surface area contributed by atoms with E-state index in [2.05, 4.69) is 75.9 Å². The number of guanidine groups is 1. The number of nitrogens with zero attached hydrogens (tertiary/aromatic N) is 3. The van der Waals surface area contributed by atoms with Crippen molar-refractivity contribution in [1.29, 1.82) is 0 Å². The standard InChI is InChI=1S/C22H33N5S.HI/c1-17-9-11-27(12-10-17)20-8-7-18(14-24-20)15-25-21(23-4)26-16-22(2,3)19-6-5-13-28-19;/h5-8,13-14,17H,9-12,15-16H2,1-4H3,(H2,23,25,26);1H. The van der Waals surface area contributed by atoms with Crippen LogP contribution in [0.3, 0.4) is 0 Å². The molecule has 3 heterocycles. The van der Waals surface area contributed by atoms with Crippen LogP contribution in [0, 0.1) is 5.92 Å². The Hall–Kier alpha value is -1.35. The molecular formula is C22H34IN5S. The number of halogens is 1. The van der Waals surface area contributed by atoms with Crippen molar-refractivity contribution in [1.82, 2.24) is 15.6 Å². The Morgan fingerprint density at radius 1 is 1.24 bits per heavy atom. The van der Waals surface area contributed by atoms with Crippen LogP contribution in [-0.4, -0.2) is 37.6 Å². The van der Waals surface area contributed by atoms with E-state index in [1.54, 1.807) is 11.3 Å². The van der Waals surface area contributed by atoms with Gasteiger partial charge in [-0.05, 0) is 41.8 Å². The van der Waals surface area contributed by atoms with Crippen LogP contribution in [0.2, 0.25) is 0 Å². The first-order valence-electron chi connectivity index (χ1n) is 10.2. The van der Waals surface area contributed by atoms with Crippen molar-refractivity contribution in [3.05, 3.63) is 46.3 Å². The highest BCUT2D eigenvalue weighted by Crippen LogP contribution is 2.26. The maximum Gasteiger partial charge on any atom is 0.191 e. The van der Waals surface area contributed by atoms with Crippen molar-refractivity contribution < 1.29 is 0 Å². The number of rotatable bonds is 6. The second kappa shape index (κ2) is 11.2. The molecule has 0 radical (unpaired) electrons. The van der Waals surface area contributed by atoms with Crippen LogP contribution in [0.1, 0.15) is 44.1 Å². The molecular weight excluding hydrogens is 493 g/mol. The lowest BCUT2D eigenvalue weighted by Crippen LogP contribution is -2.43. The third kappa shape index (κ3) is 6.84. The molecule has 29 heavy (non-hydrogen) atoms. The summed E-state index contributed by atoms with van der Waals surface area (Å²) in [6.07, 6.45) is 4.49. The minimum Gasteiger partial charge on any atom is -0.357 e. The summed E-state index contributed by atoms with van der Waals surface area (Å²) < 4.78 is 0. The monoisotopic (exact) mass is 527 g/mol. The maximum absolute atomic E-state index is 4.68. The highest BCUT2D eigenvalue weighted by Gasteiger charge is 2.22. The normalized spacial score (nSPS) is 15.7. The van der Waals surface area contributed by atoms with Gasteiger partial charge in [0.05, 0.1) is 0 Å². The lowest BCUT2D eigenvalue weighted by molar-refractivity contribution is 0.436. The van der Waals surface area contributed by atoms with Crippen molar-refractivity contribution in [3.63, 3.8) is 0 Å². The van der Waals surface area contributed by atoms with E-state index in [1.165, 1.54) is 17.7 Å². The van der Waals surface area contributed by atoms with Crippen LogP contribution in [0.5, 0.6) is 0 Å². The quantitative estimate of drug-likeness (QED) is 0.327. The number of aromatic nitrogens is 1. The summed E-state index contributed by atoms with van der Waals surface area (Å²) in [5, 5.41) is 8.98. The Labute approximate surface area is 196 Å². The first-order valence-corrected chi connectivity index (χ1v) is 11.0. The topological polar surface area (TPSA) is 52.6 Å². The number of thiophene rings is 1. The molecule has 1 fully saturated rings. The van der Waals surface area contributed by atoms with E-state index in [1.807, 2.05) is 13.2 Å². The van der Waals surface area contributed by atoms with E-state index in [0.29, 0.717) is 6.54 Å². The Balaban J connectivity index is 0.00000300. The molecule has 2 aromatic rings. The van der Waals surface area contributed by atoms with Crippen molar-refractivity contribution in [2.45, 2.75) is 45.6 Å². The summed E-state index contributed by atoms with van der Waals surface area (Å²) in [6.45, 7) is 10.6. The molecule has 0 bridgehead atoms. The maximum atomic E-state index is 4.68. The fraction of sp³-hybridized carbons (Fsp3) is 0.545. The molecule has 2 N–H and O–H groups in total. The number of hydrogen-bond donors (Lipinski definition) is 2. The van der Waals surface area contributed by atoms with Crippen LogP contribution in [0.25, 0.3) is 0 Å². The number of piperidine rings is 1. The van der Waals surface area contributed by atoms with Gasteiger partial charge in [0.2, 0.25) is 0 Å². The molecule has 0 atom stereocenters. The molecule has 0 saturated carbocycles. The third-order valence-electron chi connectivity index (χ3n) is 5.49. The van der Waals surface area contributed by atoms with E-state index in [4.69, 9.17) is 0 Å². The highest BCUT2D eigenvalue weighted by atomic mass is 127. The highest BCUT2D eigenvalue weighted by molar-refractivity contribution is 14.0. The molecule has 2 aromatic heterocycles. The van der Waals surface area contributed by atoms with Crippen LogP contribution in [0.4, 0.5) is 5.82 Å². The van der Waals surface area contributed by atoms with E-state index in [-0.39, 0.29) is 29.4 Å². The summed E-state index contributed by atoms with van der Waals surface area (Å²) in [5.41, 5.74) is 1.23. The first-order chi connectivity index (χ1) is 13.5. The predicted octanol–water partition coefficient (Wildman–Crippen LogP) is 4.64. The van der Waals surface area contributed by atoms with Gasteiger partial charge in [0, 0.05) is 49.7 Å². The fourth-order valence-electron chi connectivity index (χ4n) is 3.41. The zero-order valence-electron chi connectivity index (χ0n) is 17.9. The Kier molecular flexibility index (Phi) is 9.20. The molecule has 160 valence electrons. The predicted molar refractivity (Wildman–Crippen MR) is 136 cm³/mol. The van der Waals surface area contributed by atoms with Gasteiger partial charge in [0.15, 0.2) is 5.96 Å². The van der Waals surface area contributed by atoms with Crippen molar-refractivity contribution in [2.75, 3.05) is 31.6 Å². The summed E-state index contributed by atoms with van der Waals surface area (Å²) in [6, 6.07) is 8.61. The second-order valence-corrected chi connectivity index (χ2v) is 9.28. The molecule has 7 heteroatoms. The molecule has 0 aromatic carbocycles. The molecule has 5 nitrogen and oxygen atoms in total. The summed E-state index contributed by atoms with van der Waals surface area (Å²) in [7, 11) is 1.81. The Morgan fingerprint density at radius 3 is 2.59 bits per heavy atom. The smallest absolute Gasteiger partial charge is 0.191 e. The molecule has 0 spiro atoms. The lowest BCUT2D eigenvalue weighted by atomic mass is 9.91. The number of aliphatic imine (C=N–C) groups is 1. The SMILES string of the molecule is CN=C(NCc1ccc(N2CCC(C)CC2)nc1)NCC(C)(C)c1cccs1.I. The van der Waals surface area contributed by atoms with Gasteiger partial charge in [0.25, 0.3) is 0 Å². The molecule has 1 aliphatic heterocycles. The number of anilines is 1. The average Bonchev–Trinajstić information content (AvgIpc) is 3.25. The first kappa shape index (κ1) is 23.9. The largest absolute Gasteiger partial charge is 0.357 e. The van der Waals surface area contributed by atoms with Gasteiger partial charge in [-0.15, -0.1) is 35.3 Å². The second-order valence-electron chi connectivity index (χ2n) is 8.33. The van der Waals surface area contributed by atoms with Crippen LogP contribution >= 0.6 is 35.3 Å². The molecule has 3 rings (SSSR count). The van der Waals surface area contributed by atoms with Crippen molar-refractivity contribution in [3.8, 4) is 0 Å². The van der Waals surface area contributed by atoms with Gasteiger partial charge in [0.1, 0.15) is 5.82 Å². The average molecular weight is 528 g/mol. The summed E-state index contributed by atoms with van der Waals surface area (Å²) in [5.74, 6) is 2.75. The fourth-order valence-corrected chi connectivity index (χ4v) is 4.26. The Morgan fingerprint density at radius 2 is 2.00 bits per heavy atom. The van der Waals surface area contributed by atoms with Crippen LogP contribution in [0.15, 0.2) is 40.8 Å². The van der Waals surface area contributed by atoms with Gasteiger partial charge >= 0.3 is 0 Å². The Bertz CT molecular complexity index is 750. The molecule has 1 saturated heterocycles. The van der Waals surface area contributed by atoms with E-state index < -0.39 is 0 Å². The van der Waals surface area contributed by atoms with Gasteiger partial charge in [-0.25, -0.2) is 4.98 Å². The lowest BCUT2D eigenvalue weighted by Gasteiger charge is -2.31. The minimum atomic E-state index is 0. The van der Waals surface area contributed by atoms with Crippen LogP contribution < -0.4 is 15.5 Å². The summed E-state index contributed by atoms with van der Waals surface area (Å²) >= 11 is 1.80. The van der Waals surface area contributed by atoms with Gasteiger partial charge < -0.3 is 15.5 Å². The van der Waals surface area contributed by atoms with Gasteiger partial charge in [-0.1, -0.05) is 32.9 Å². The molecule has 0 amide bonds. The van der Waals surface area contributed by atoms with E-state index in [9.17, 15) is 0 Å². The third-order valence-corrected chi connectivity index (χ3v) is 6.72.